The summed E-state index contributed by atoms with van der Waals surface area (Å²) in [6.07, 6.45) is 14.2. The van der Waals surface area contributed by atoms with E-state index in [0.717, 1.165) is 106 Å². The van der Waals surface area contributed by atoms with Gasteiger partial charge in [-0.05, 0) is 88.5 Å². The van der Waals surface area contributed by atoms with Crippen LogP contribution in [0.2, 0.25) is 0 Å². The van der Waals surface area contributed by atoms with Crippen molar-refractivity contribution in [3.8, 4) is 12.1 Å². The second-order valence-corrected chi connectivity index (χ2v) is 8.79. The maximum atomic E-state index is 12.0. The van der Waals surface area contributed by atoms with Gasteiger partial charge in [0.2, 0.25) is 0 Å². The first-order valence-corrected chi connectivity index (χ1v) is 13.3. The van der Waals surface area contributed by atoms with Crippen LogP contribution in [0, 0.1) is 22.7 Å². The number of esters is 1. The number of methoxy groups -OCH3 is 1. The quantitative estimate of drug-likeness (QED) is 0.118. The Bertz CT molecular complexity index is 946. The second-order valence-electron chi connectivity index (χ2n) is 8.79. The van der Waals surface area contributed by atoms with Gasteiger partial charge in [-0.2, -0.15) is 10.5 Å². The summed E-state index contributed by atoms with van der Waals surface area (Å²) in [5.74, 6) is -0.536. The predicted molar refractivity (Wildman–Crippen MR) is 144 cm³/mol. The highest BCUT2D eigenvalue weighted by atomic mass is 16.5. The Hall–Kier alpha value is -3.36. The molecule has 8 nitrogen and oxygen atoms in total. The van der Waals surface area contributed by atoms with Gasteiger partial charge >= 0.3 is 5.97 Å². The van der Waals surface area contributed by atoms with Crippen molar-refractivity contribution in [3.05, 3.63) is 45.8 Å². The van der Waals surface area contributed by atoms with Gasteiger partial charge in [0.25, 0.3) is 0 Å². The molecule has 0 saturated heterocycles. The summed E-state index contributed by atoms with van der Waals surface area (Å²) in [6, 6.07) is 3.98. The lowest BCUT2D eigenvalue weighted by Gasteiger charge is -2.18. The van der Waals surface area contributed by atoms with E-state index in [1.165, 1.54) is 0 Å². The molecule has 2 aliphatic rings. The van der Waals surface area contributed by atoms with Gasteiger partial charge in [0.05, 0.1) is 12.2 Å². The third kappa shape index (κ3) is 12.4. The Morgan fingerprint density at radius 3 is 1.89 bits per heavy atom. The van der Waals surface area contributed by atoms with Crippen molar-refractivity contribution in [1.29, 1.82) is 10.5 Å². The van der Waals surface area contributed by atoms with Crippen molar-refractivity contribution in [3.63, 3.8) is 0 Å². The van der Waals surface area contributed by atoms with E-state index in [0.29, 0.717) is 6.29 Å². The number of hydrogen-bond acceptors (Lipinski definition) is 8. The number of allylic oxidation sites excluding steroid dienone is 7. The van der Waals surface area contributed by atoms with Gasteiger partial charge in [0.1, 0.15) is 17.7 Å². The van der Waals surface area contributed by atoms with Crippen molar-refractivity contribution in [2.75, 3.05) is 33.4 Å². The number of carbonyl (C=O) groups excluding carboxylic acids is 2. The molecule has 0 aliphatic heterocycles. The summed E-state index contributed by atoms with van der Waals surface area (Å²) in [5.41, 5.74) is 4.15. The van der Waals surface area contributed by atoms with E-state index in [9.17, 15) is 14.9 Å². The fourth-order valence-electron chi connectivity index (χ4n) is 4.06. The summed E-state index contributed by atoms with van der Waals surface area (Å²) in [5, 5.41) is 25.2. The summed E-state index contributed by atoms with van der Waals surface area (Å²) < 4.78 is 9.53. The minimum absolute atomic E-state index is 0.119. The van der Waals surface area contributed by atoms with E-state index in [1.807, 2.05) is 31.2 Å². The molecule has 0 saturated carbocycles. The van der Waals surface area contributed by atoms with Crippen molar-refractivity contribution >= 4 is 12.3 Å². The van der Waals surface area contributed by atoms with Crippen molar-refractivity contribution < 1.29 is 19.1 Å². The lowest BCUT2D eigenvalue weighted by Crippen LogP contribution is -2.19. The lowest BCUT2D eigenvalue weighted by molar-refractivity contribution is -0.138. The molecule has 2 rings (SSSR count). The molecule has 0 unspecified atom stereocenters. The number of nitrogens with zero attached hydrogens (tertiary/aromatic N) is 2. The zero-order valence-corrected chi connectivity index (χ0v) is 22.7. The molecule has 0 atom stereocenters. The van der Waals surface area contributed by atoms with Crippen molar-refractivity contribution in [2.24, 2.45) is 0 Å². The predicted octanol–water partition coefficient (Wildman–Crippen LogP) is 4.92. The Balaban J connectivity index is 0.00000159. The molecule has 0 amide bonds. The maximum absolute atomic E-state index is 12.0. The highest BCUT2D eigenvalue weighted by molar-refractivity contribution is 5.94. The average molecular weight is 511 g/mol. The average Bonchev–Trinajstić information content (AvgIpc) is 2.92. The molecule has 8 heteroatoms. The third-order valence-electron chi connectivity index (χ3n) is 6.07. The van der Waals surface area contributed by atoms with Crippen LogP contribution in [0.5, 0.6) is 0 Å². The van der Waals surface area contributed by atoms with E-state index < -0.39 is 5.97 Å². The number of carbonyl (C=O) groups is 2. The largest absolute Gasteiger partial charge is 0.462 e. The Morgan fingerprint density at radius 2 is 1.43 bits per heavy atom. The number of hydrogen-bond donors (Lipinski definition) is 2. The van der Waals surface area contributed by atoms with Crippen LogP contribution in [0.3, 0.4) is 0 Å². The minimum atomic E-state index is -0.536. The van der Waals surface area contributed by atoms with Crippen LogP contribution < -0.4 is 10.6 Å². The van der Waals surface area contributed by atoms with Crippen molar-refractivity contribution in [1.82, 2.24) is 10.6 Å². The van der Waals surface area contributed by atoms with Gasteiger partial charge in [-0.15, -0.1) is 0 Å². The van der Waals surface area contributed by atoms with Crippen LogP contribution in [-0.4, -0.2) is 45.7 Å². The Kier molecular flexibility index (Phi) is 16.9. The van der Waals surface area contributed by atoms with E-state index in [4.69, 9.17) is 10.00 Å². The van der Waals surface area contributed by atoms with Crippen LogP contribution in [0.15, 0.2) is 45.8 Å². The molecule has 0 radical (unpaired) electrons. The Labute approximate surface area is 222 Å². The summed E-state index contributed by atoms with van der Waals surface area (Å²) >= 11 is 0. The van der Waals surface area contributed by atoms with Crippen LogP contribution in [-0.2, 0) is 19.1 Å². The molecule has 2 aliphatic carbocycles. The van der Waals surface area contributed by atoms with E-state index in [1.54, 1.807) is 14.0 Å². The smallest absolute Gasteiger partial charge is 0.349 e. The van der Waals surface area contributed by atoms with Crippen molar-refractivity contribution in [2.45, 2.75) is 78.1 Å². The standard InChI is InChI=1S/C26H34N4O3.C3H8O/c1-2-33-26(32)25(18-28)21-10-8-12-24(16-21)30-14-6-4-3-5-13-29-23-11-7-9-20(15-23)22(17-27)19-31;1-3-4-2/h15-16,19,29-30H,2-14H2,1H3;3H2,1-2H3/b22-20-,25-21-;. The molecule has 0 aromatic heterocycles. The maximum Gasteiger partial charge on any atom is 0.349 e. The zero-order valence-electron chi connectivity index (χ0n) is 22.7. The Morgan fingerprint density at radius 1 is 0.892 bits per heavy atom. The lowest BCUT2D eigenvalue weighted by atomic mass is 9.95. The van der Waals surface area contributed by atoms with Crippen LogP contribution in [0.4, 0.5) is 0 Å². The summed E-state index contributed by atoms with van der Waals surface area (Å²) in [6.45, 7) is 6.54. The fourth-order valence-corrected chi connectivity index (χ4v) is 4.06. The normalized spacial score (nSPS) is 17.4. The van der Waals surface area contributed by atoms with Crippen LogP contribution in [0.25, 0.3) is 0 Å². The third-order valence-corrected chi connectivity index (χ3v) is 6.07. The monoisotopic (exact) mass is 510 g/mol. The fraction of sp³-hybridized carbons (Fsp3) is 0.586. The SMILES string of the molecule is CCOC.CCOC(=O)/C(C#N)=C1\C=C(NCCCCCCNC2=C/C(=C(/C#N)C=O)CCC2)CCC1. The van der Waals surface area contributed by atoms with Gasteiger partial charge in [-0.3, -0.25) is 4.79 Å². The van der Waals surface area contributed by atoms with Gasteiger partial charge in [0, 0.05) is 38.2 Å². The molecule has 202 valence electrons. The van der Waals surface area contributed by atoms with Crippen LogP contribution >= 0.6 is 0 Å². The first kappa shape index (κ1) is 31.7. The number of nitriles is 2. The van der Waals surface area contributed by atoms with Crippen LogP contribution in [0.1, 0.15) is 78.1 Å². The topological polar surface area (TPSA) is 124 Å². The first-order chi connectivity index (χ1) is 18.0. The highest BCUT2D eigenvalue weighted by Crippen LogP contribution is 2.24. The zero-order chi connectivity index (χ0) is 27.3. The molecule has 37 heavy (non-hydrogen) atoms. The van der Waals surface area contributed by atoms with Gasteiger partial charge in [0.15, 0.2) is 6.29 Å². The molecule has 0 bridgehead atoms. The van der Waals surface area contributed by atoms with E-state index in [-0.39, 0.29) is 17.8 Å². The number of unbranched alkanes of at least 4 members (excludes halogenated alkanes) is 3. The van der Waals surface area contributed by atoms with Gasteiger partial charge in [-0.1, -0.05) is 12.8 Å². The summed E-state index contributed by atoms with van der Waals surface area (Å²) in [7, 11) is 1.68. The molecule has 0 heterocycles. The number of aldehydes is 1. The van der Waals surface area contributed by atoms with Gasteiger partial charge < -0.3 is 20.1 Å². The number of nitrogens with one attached hydrogen (secondary N) is 2. The molecule has 0 spiro atoms. The number of rotatable bonds is 13. The summed E-state index contributed by atoms with van der Waals surface area (Å²) in [4.78, 5) is 22.9. The minimum Gasteiger partial charge on any atom is -0.462 e. The molecule has 0 aromatic rings. The molecule has 0 fully saturated rings. The highest BCUT2D eigenvalue weighted by Gasteiger charge is 2.18. The molecule has 0 aromatic carbocycles. The molecular formula is C29H42N4O4. The van der Waals surface area contributed by atoms with E-state index >= 15 is 0 Å². The van der Waals surface area contributed by atoms with E-state index in [2.05, 4.69) is 15.4 Å². The van der Waals surface area contributed by atoms with Gasteiger partial charge in [-0.25, -0.2) is 4.79 Å². The second kappa shape index (κ2) is 19.8. The molecular weight excluding hydrogens is 468 g/mol. The first-order valence-electron chi connectivity index (χ1n) is 13.3. The molecule has 2 N–H and O–H groups in total. The number of ether oxygens (including phenoxy) is 2.